The number of benzene rings is 1. The summed E-state index contributed by atoms with van der Waals surface area (Å²) < 4.78 is 38.3. The molecule has 1 aromatic carbocycles. The molecule has 5 N–H and O–H groups in total. The predicted octanol–water partition coefficient (Wildman–Crippen LogP) is 1.68. The highest BCUT2D eigenvalue weighted by Crippen LogP contribution is 2.32. The molecule has 0 aliphatic carbocycles. The van der Waals surface area contributed by atoms with Crippen LogP contribution in [0.2, 0.25) is 0 Å². The molecular weight excluding hydrogens is 335 g/mol. The minimum absolute atomic E-state index is 0. The molecular formula is C14H19ClF3N3O2. The summed E-state index contributed by atoms with van der Waals surface area (Å²) in [5, 5.41) is 2.33. The van der Waals surface area contributed by atoms with Gasteiger partial charge in [0.15, 0.2) is 0 Å². The normalized spacial score (nSPS) is 15.0. The number of rotatable bonds is 5. The van der Waals surface area contributed by atoms with Crippen molar-refractivity contribution < 1.29 is 22.8 Å². The van der Waals surface area contributed by atoms with Gasteiger partial charge in [-0.3, -0.25) is 9.59 Å². The molecule has 0 saturated carbocycles. The Bertz CT molecular complexity index is 581. The van der Waals surface area contributed by atoms with Gasteiger partial charge >= 0.3 is 6.18 Å². The molecule has 1 rings (SSSR count). The number of nitrogens with one attached hydrogen (secondary N) is 1. The minimum atomic E-state index is -4.57. The zero-order valence-electron chi connectivity index (χ0n) is 12.6. The van der Waals surface area contributed by atoms with Gasteiger partial charge in [0, 0.05) is 0 Å². The lowest BCUT2D eigenvalue weighted by molar-refractivity contribution is -0.138. The number of hydrogen-bond donors (Lipinski definition) is 3. The van der Waals surface area contributed by atoms with Crippen molar-refractivity contribution in [3.05, 3.63) is 35.4 Å². The molecule has 9 heteroatoms. The van der Waals surface area contributed by atoms with Crippen molar-refractivity contribution in [1.29, 1.82) is 0 Å². The number of primary amides is 1. The van der Waals surface area contributed by atoms with Gasteiger partial charge in [-0.05, 0) is 31.0 Å². The molecule has 2 atom stereocenters. The first-order chi connectivity index (χ1) is 10.0. The Labute approximate surface area is 138 Å². The molecule has 0 bridgehead atoms. The van der Waals surface area contributed by atoms with E-state index in [9.17, 15) is 22.8 Å². The van der Waals surface area contributed by atoms with Crippen LogP contribution in [0.5, 0.6) is 0 Å². The molecule has 23 heavy (non-hydrogen) atoms. The number of carbonyl (C=O) groups is 2. The molecule has 0 heterocycles. The molecule has 0 saturated heterocycles. The van der Waals surface area contributed by atoms with E-state index in [0.29, 0.717) is 6.42 Å². The van der Waals surface area contributed by atoms with Crippen LogP contribution < -0.4 is 16.8 Å². The minimum Gasteiger partial charge on any atom is -0.367 e. The van der Waals surface area contributed by atoms with Crippen LogP contribution >= 0.6 is 12.4 Å². The Morgan fingerprint density at radius 2 is 1.78 bits per heavy atom. The Morgan fingerprint density at radius 1 is 1.26 bits per heavy atom. The predicted molar refractivity (Wildman–Crippen MR) is 81.6 cm³/mol. The van der Waals surface area contributed by atoms with Crippen molar-refractivity contribution in [2.75, 3.05) is 0 Å². The molecule has 0 aliphatic heterocycles. The maximum atomic E-state index is 12.8. The number of halogens is 4. The summed E-state index contributed by atoms with van der Waals surface area (Å²) >= 11 is 0. The first-order valence-electron chi connectivity index (χ1n) is 6.57. The second-order valence-electron chi connectivity index (χ2n) is 5.07. The molecule has 0 aliphatic rings. The van der Waals surface area contributed by atoms with E-state index in [1.807, 2.05) is 0 Å². The van der Waals surface area contributed by atoms with Gasteiger partial charge in [0.05, 0.1) is 11.6 Å². The number of hydrogen-bond acceptors (Lipinski definition) is 3. The average Bonchev–Trinajstić information content (AvgIpc) is 2.45. The van der Waals surface area contributed by atoms with Crippen molar-refractivity contribution in [2.24, 2.45) is 11.5 Å². The molecule has 0 fully saturated rings. The standard InChI is InChI=1S/C14H18F3N3O2.ClH/c1-3-10(18)11(21)20-13(2,12(19)22)8-5-4-6-9(7-8)14(15,16)17;/h4-7,10H,3,18H2,1-2H3,(H2,19,22)(H,20,21);1H/t10-,13?;/m0./s1. The summed E-state index contributed by atoms with van der Waals surface area (Å²) in [7, 11) is 0. The van der Waals surface area contributed by atoms with E-state index in [2.05, 4.69) is 5.32 Å². The van der Waals surface area contributed by atoms with E-state index in [-0.39, 0.29) is 18.0 Å². The number of alkyl halides is 3. The third kappa shape index (κ3) is 4.84. The lowest BCUT2D eigenvalue weighted by atomic mass is 9.89. The molecule has 5 nitrogen and oxygen atoms in total. The summed E-state index contributed by atoms with van der Waals surface area (Å²) in [6.07, 6.45) is -4.26. The smallest absolute Gasteiger partial charge is 0.367 e. The third-order valence-corrected chi connectivity index (χ3v) is 3.41. The van der Waals surface area contributed by atoms with E-state index in [1.165, 1.54) is 13.0 Å². The fourth-order valence-corrected chi connectivity index (χ4v) is 1.81. The van der Waals surface area contributed by atoms with Crippen LogP contribution in [0.1, 0.15) is 31.4 Å². The number of nitrogens with two attached hydrogens (primary N) is 2. The van der Waals surface area contributed by atoms with Crippen LogP contribution in [0.25, 0.3) is 0 Å². The maximum Gasteiger partial charge on any atom is 0.416 e. The Hall–Kier alpha value is -1.80. The Balaban J connectivity index is 0.00000484. The monoisotopic (exact) mass is 353 g/mol. The molecule has 1 aromatic rings. The van der Waals surface area contributed by atoms with Crippen molar-refractivity contribution in [3.63, 3.8) is 0 Å². The van der Waals surface area contributed by atoms with Gasteiger partial charge in [0.25, 0.3) is 0 Å². The molecule has 1 unspecified atom stereocenters. The lowest BCUT2D eigenvalue weighted by Crippen LogP contribution is -2.56. The Morgan fingerprint density at radius 3 is 2.22 bits per heavy atom. The van der Waals surface area contributed by atoms with E-state index in [0.717, 1.165) is 18.2 Å². The highest BCUT2D eigenvalue weighted by Gasteiger charge is 2.38. The van der Waals surface area contributed by atoms with Crippen molar-refractivity contribution in [2.45, 2.75) is 38.0 Å². The van der Waals surface area contributed by atoms with Crippen LogP contribution in [0.15, 0.2) is 24.3 Å². The van der Waals surface area contributed by atoms with Crippen LogP contribution in [-0.4, -0.2) is 17.9 Å². The Kier molecular flexibility index (Phi) is 7.05. The van der Waals surface area contributed by atoms with Gasteiger partial charge in [-0.1, -0.05) is 19.1 Å². The highest BCUT2D eigenvalue weighted by molar-refractivity contribution is 5.92. The molecule has 0 spiro atoms. The van der Waals surface area contributed by atoms with Crippen molar-refractivity contribution in [1.82, 2.24) is 5.32 Å². The fraction of sp³-hybridized carbons (Fsp3) is 0.429. The summed E-state index contributed by atoms with van der Waals surface area (Å²) in [6, 6.07) is 3.19. The number of carbonyl (C=O) groups excluding carboxylic acids is 2. The molecule has 130 valence electrons. The SMILES string of the molecule is CC[C@H](N)C(=O)NC(C)(C(N)=O)c1cccc(C(F)(F)F)c1.Cl. The van der Waals surface area contributed by atoms with E-state index in [4.69, 9.17) is 11.5 Å². The van der Waals surface area contributed by atoms with Gasteiger partial charge in [-0.15, -0.1) is 12.4 Å². The molecule has 2 amide bonds. The second-order valence-corrected chi connectivity index (χ2v) is 5.07. The first-order valence-corrected chi connectivity index (χ1v) is 6.57. The number of amides is 2. The average molecular weight is 354 g/mol. The highest BCUT2D eigenvalue weighted by atomic mass is 35.5. The van der Waals surface area contributed by atoms with Gasteiger partial charge < -0.3 is 16.8 Å². The van der Waals surface area contributed by atoms with E-state index in [1.54, 1.807) is 6.92 Å². The quantitative estimate of drug-likeness (QED) is 0.751. The van der Waals surface area contributed by atoms with Crippen LogP contribution in [-0.2, 0) is 21.3 Å². The van der Waals surface area contributed by atoms with Gasteiger partial charge in [-0.2, -0.15) is 13.2 Å². The van der Waals surface area contributed by atoms with E-state index < -0.39 is 35.1 Å². The van der Waals surface area contributed by atoms with Crippen LogP contribution in [0.3, 0.4) is 0 Å². The topological polar surface area (TPSA) is 98.2 Å². The van der Waals surface area contributed by atoms with Crippen LogP contribution in [0.4, 0.5) is 13.2 Å². The fourth-order valence-electron chi connectivity index (χ4n) is 1.81. The largest absolute Gasteiger partial charge is 0.416 e. The van der Waals surface area contributed by atoms with Gasteiger partial charge in [0.2, 0.25) is 11.8 Å². The van der Waals surface area contributed by atoms with Crippen molar-refractivity contribution in [3.8, 4) is 0 Å². The summed E-state index contributed by atoms with van der Waals surface area (Å²) in [5.41, 5.74) is 8.04. The third-order valence-electron chi connectivity index (χ3n) is 3.41. The van der Waals surface area contributed by atoms with Gasteiger partial charge in [0.1, 0.15) is 5.54 Å². The molecule has 0 radical (unpaired) electrons. The van der Waals surface area contributed by atoms with Gasteiger partial charge in [-0.25, -0.2) is 0 Å². The molecule has 0 aromatic heterocycles. The zero-order valence-corrected chi connectivity index (χ0v) is 13.4. The summed E-state index contributed by atoms with van der Waals surface area (Å²) in [6.45, 7) is 2.90. The zero-order chi connectivity index (χ0) is 17.1. The lowest BCUT2D eigenvalue weighted by Gasteiger charge is -2.29. The first kappa shape index (κ1) is 21.2. The van der Waals surface area contributed by atoms with Crippen LogP contribution in [0, 0.1) is 0 Å². The van der Waals surface area contributed by atoms with Crippen molar-refractivity contribution >= 4 is 24.2 Å². The summed E-state index contributed by atoms with van der Waals surface area (Å²) in [5.74, 6) is -1.65. The second kappa shape index (κ2) is 7.65. The maximum absolute atomic E-state index is 12.8. The summed E-state index contributed by atoms with van der Waals surface area (Å²) in [4.78, 5) is 23.6. The van der Waals surface area contributed by atoms with E-state index >= 15 is 0 Å².